The molecule has 0 spiro atoms. The molecule has 2 nitrogen and oxygen atoms in total. The number of piperidine rings is 1. The molecule has 108 valence electrons. The van der Waals surface area contributed by atoms with Crippen molar-refractivity contribution in [3.63, 3.8) is 0 Å². The summed E-state index contributed by atoms with van der Waals surface area (Å²) >= 11 is 0. The molecule has 4 aliphatic carbocycles. The van der Waals surface area contributed by atoms with Gasteiger partial charge in [0.1, 0.15) is 0 Å². The lowest BCUT2D eigenvalue weighted by molar-refractivity contribution is -0.0139. The van der Waals surface area contributed by atoms with E-state index in [0.29, 0.717) is 0 Å². The molecule has 0 aromatic heterocycles. The van der Waals surface area contributed by atoms with Gasteiger partial charge in [-0.1, -0.05) is 0 Å². The minimum atomic E-state index is 0.898. The Kier molecular flexibility index (Phi) is 3.57. The van der Waals surface area contributed by atoms with E-state index < -0.39 is 0 Å². The second-order valence-corrected chi connectivity index (χ2v) is 7.89. The lowest BCUT2D eigenvalue weighted by Crippen LogP contribution is -2.54. The largest absolute Gasteiger partial charge is 0.317 e. The molecule has 0 aromatic rings. The molecule has 5 rings (SSSR count). The molecule has 0 radical (unpaired) electrons. The van der Waals surface area contributed by atoms with Crippen molar-refractivity contribution in [2.24, 2.45) is 29.6 Å². The molecule has 5 aliphatic rings. The van der Waals surface area contributed by atoms with Crippen molar-refractivity contribution in [1.29, 1.82) is 0 Å². The van der Waals surface area contributed by atoms with E-state index in [1.807, 2.05) is 0 Å². The zero-order valence-electron chi connectivity index (χ0n) is 12.2. The Morgan fingerprint density at radius 2 is 1.47 bits per heavy atom. The monoisotopic (exact) mass is 262 g/mol. The van der Waals surface area contributed by atoms with Gasteiger partial charge in [0.05, 0.1) is 0 Å². The van der Waals surface area contributed by atoms with Crippen molar-refractivity contribution in [2.75, 3.05) is 19.6 Å². The zero-order valence-corrected chi connectivity index (χ0v) is 12.2. The van der Waals surface area contributed by atoms with Crippen LogP contribution in [0.4, 0.5) is 0 Å². The van der Waals surface area contributed by atoms with E-state index in [1.165, 1.54) is 38.9 Å². The third-order valence-electron chi connectivity index (χ3n) is 6.62. The highest BCUT2D eigenvalue weighted by Crippen LogP contribution is 2.53. The fourth-order valence-electron chi connectivity index (χ4n) is 5.88. The van der Waals surface area contributed by atoms with Crippen molar-refractivity contribution in [3.05, 3.63) is 0 Å². The highest BCUT2D eigenvalue weighted by Gasteiger charge is 2.47. The fraction of sp³-hybridized carbons (Fsp3) is 1.00. The molecule has 1 aliphatic heterocycles. The van der Waals surface area contributed by atoms with Crippen molar-refractivity contribution in [2.45, 2.75) is 57.4 Å². The van der Waals surface area contributed by atoms with Crippen LogP contribution < -0.4 is 10.6 Å². The van der Waals surface area contributed by atoms with E-state index in [0.717, 1.165) is 35.6 Å². The summed E-state index contributed by atoms with van der Waals surface area (Å²) in [6.07, 6.45) is 12.0. The Balaban J connectivity index is 1.26. The lowest BCUT2D eigenvalue weighted by Gasteiger charge is -2.54. The molecule has 1 saturated heterocycles. The van der Waals surface area contributed by atoms with Gasteiger partial charge in [-0.15, -0.1) is 0 Å². The molecule has 0 amide bonds. The number of hydrogen-bond donors (Lipinski definition) is 2. The van der Waals surface area contributed by atoms with Gasteiger partial charge in [0.25, 0.3) is 0 Å². The molecule has 4 saturated carbocycles. The molecular formula is C17H30N2. The van der Waals surface area contributed by atoms with Gasteiger partial charge in [-0.3, -0.25) is 0 Å². The summed E-state index contributed by atoms with van der Waals surface area (Å²) in [6, 6.07) is 0.898. The van der Waals surface area contributed by atoms with Crippen LogP contribution in [-0.4, -0.2) is 25.7 Å². The maximum absolute atomic E-state index is 3.99. The molecule has 0 atom stereocenters. The van der Waals surface area contributed by atoms with Gasteiger partial charge in [-0.05, 0) is 101 Å². The maximum atomic E-state index is 3.99. The first-order valence-corrected chi connectivity index (χ1v) is 8.82. The number of rotatable bonds is 4. The second kappa shape index (κ2) is 5.37. The molecule has 1 heterocycles. The summed E-state index contributed by atoms with van der Waals surface area (Å²) < 4.78 is 0. The average Bonchev–Trinajstić information content (AvgIpc) is 2.42. The minimum Gasteiger partial charge on any atom is -0.317 e. The topological polar surface area (TPSA) is 24.1 Å². The highest BCUT2D eigenvalue weighted by atomic mass is 14.9. The van der Waals surface area contributed by atoms with E-state index in [2.05, 4.69) is 10.6 Å². The number of nitrogens with one attached hydrogen (secondary N) is 2. The van der Waals surface area contributed by atoms with E-state index >= 15 is 0 Å². The standard InChI is InChI=1S/C17H30N2/c1-4-18-5-2-12(1)3-6-19-17-15-8-13-7-14(10-15)11-16(17)9-13/h12-19H,1-11H2. The third-order valence-corrected chi connectivity index (χ3v) is 6.62. The highest BCUT2D eigenvalue weighted by molar-refractivity contribution is 5.01. The van der Waals surface area contributed by atoms with Crippen LogP contribution in [0.3, 0.4) is 0 Å². The Bertz CT molecular complexity index is 280. The van der Waals surface area contributed by atoms with Crippen molar-refractivity contribution in [3.8, 4) is 0 Å². The first-order valence-electron chi connectivity index (χ1n) is 8.82. The summed E-state index contributed by atoms with van der Waals surface area (Å²) in [6.45, 7) is 3.79. The van der Waals surface area contributed by atoms with Crippen LogP contribution in [0.5, 0.6) is 0 Å². The van der Waals surface area contributed by atoms with Crippen molar-refractivity contribution >= 4 is 0 Å². The summed E-state index contributed by atoms with van der Waals surface area (Å²) in [4.78, 5) is 0. The summed E-state index contributed by atoms with van der Waals surface area (Å²) in [5.41, 5.74) is 0. The first-order chi connectivity index (χ1) is 9.38. The van der Waals surface area contributed by atoms with E-state index in [1.54, 1.807) is 32.1 Å². The van der Waals surface area contributed by atoms with E-state index in [9.17, 15) is 0 Å². The summed E-state index contributed by atoms with van der Waals surface area (Å²) in [5.74, 6) is 5.31. The van der Waals surface area contributed by atoms with Crippen LogP contribution in [0.2, 0.25) is 0 Å². The first kappa shape index (κ1) is 12.6. The van der Waals surface area contributed by atoms with Crippen LogP contribution in [0.1, 0.15) is 51.4 Å². The second-order valence-electron chi connectivity index (χ2n) is 7.89. The van der Waals surface area contributed by atoms with Gasteiger partial charge in [0, 0.05) is 6.04 Å². The zero-order chi connectivity index (χ0) is 12.7. The Morgan fingerprint density at radius 3 is 2.11 bits per heavy atom. The quantitative estimate of drug-likeness (QED) is 0.814. The van der Waals surface area contributed by atoms with Crippen LogP contribution >= 0.6 is 0 Å². The molecular weight excluding hydrogens is 232 g/mol. The van der Waals surface area contributed by atoms with Crippen LogP contribution in [0, 0.1) is 29.6 Å². The predicted octanol–water partition coefficient (Wildman–Crippen LogP) is 2.79. The van der Waals surface area contributed by atoms with Crippen LogP contribution in [0.15, 0.2) is 0 Å². The average molecular weight is 262 g/mol. The van der Waals surface area contributed by atoms with Gasteiger partial charge in [0.2, 0.25) is 0 Å². The van der Waals surface area contributed by atoms with Crippen molar-refractivity contribution in [1.82, 2.24) is 10.6 Å². The molecule has 4 bridgehead atoms. The Labute approximate surface area is 118 Å². The molecule has 5 fully saturated rings. The van der Waals surface area contributed by atoms with Gasteiger partial charge in [0.15, 0.2) is 0 Å². The minimum absolute atomic E-state index is 0.898. The maximum Gasteiger partial charge on any atom is 0.0124 e. The SMILES string of the molecule is C1CC(CCNC2C3CC4CC(C3)CC2C4)CCN1. The van der Waals surface area contributed by atoms with E-state index in [-0.39, 0.29) is 0 Å². The molecule has 2 N–H and O–H groups in total. The molecule has 2 heteroatoms. The molecule has 0 unspecified atom stereocenters. The van der Waals surface area contributed by atoms with Gasteiger partial charge >= 0.3 is 0 Å². The Morgan fingerprint density at radius 1 is 0.842 bits per heavy atom. The normalized spacial score (nSPS) is 45.8. The fourth-order valence-corrected chi connectivity index (χ4v) is 5.88. The van der Waals surface area contributed by atoms with Gasteiger partial charge < -0.3 is 10.6 Å². The molecule has 0 aromatic carbocycles. The van der Waals surface area contributed by atoms with Crippen molar-refractivity contribution < 1.29 is 0 Å². The van der Waals surface area contributed by atoms with E-state index in [4.69, 9.17) is 0 Å². The lowest BCUT2D eigenvalue weighted by atomic mass is 9.54. The summed E-state index contributed by atoms with van der Waals surface area (Å²) in [7, 11) is 0. The van der Waals surface area contributed by atoms with Gasteiger partial charge in [-0.2, -0.15) is 0 Å². The third kappa shape index (κ3) is 2.58. The van der Waals surface area contributed by atoms with Crippen LogP contribution in [-0.2, 0) is 0 Å². The summed E-state index contributed by atoms with van der Waals surface area (Å²) in [5, 5.41) is 7.47. The number of hydrogen-bond acceptors (Lipinski definition) is 2. The predicted molar refractivity (Wildman–Crippen MR) is 79.0 cm³/mol. The van der Waals surface area contributed by atoms with Crippen LogP contribution in [0.25, 0.3) is 0 Å². The molecule has 19 heavy (non-hydrogen) atoms. The Hall–Kier alpha value is -0.0800. The smallest absolute Gasteiger partial charge is 0.0124 e. The van der Waals surface area contributed by atoms with Gasteiger partial charge in [-0.25, -0.2) is 0 Å².